The zero-order chi connectivity index (χ0) is 35.6. The smallest absolute Gasteiger partial charge is 0.475 e. The van der Waals surface area contributed by atoms with Crippen LogP contribution in [0.2, 0.25) is 0 Å². The molecule has 0 spiro atoms. The fourth-order valence-corrected chi connectivity index (χ4v) is 4.06. The predicted molar refractivity (Wildman–Crippen MR) is 141 cm³/mol. The third-order valence-corrected chi connectivity index (χ3v) is 6.56. The zero-order valence-electron chi connectivity index (χ0n) is 24.4. The molecular weight excluding hydrogens is 663 g/mol. The molecule has 1 atom stereocenters. The molecule has 11 nitrogen and oxygen atoms in total. The minimum atomic E-state index is -5.08. The maximum absolute atomic E-state index is 10.6. The summed E-state index contributed by atoms with van der Waals surface area (Å²) in [6, 6.07) is 6.16. The van der Waals surface area contributed by atoms with Crippen molar-refractivity contribution >= 4 is 17.9 Å². The van der Waals surface area contributed by atoms with E-state index in [1.165, 1.54) is 37.1 Å². The predicted octanol–water partition coefficient (Wildman–Crippen LogP) is 5.11. The van der Waals surface area contributed by atoms with Crippen LogP contribution < -0.4 is 0 Å². The van der Waals surface area contributed by atoms with E-state index in [2.05, 4.69) is 32.9 Å². The van der Waals surface area contributed by atoms with Gasteiger partial charge in [-0.2, -0.15) is 39.5 Å². The second-order valence-corrected chi connectivity index (χ2v) is 10.7. The van der Waals surface area contributed by atoms with Gasteiger partial charge in [-0.3, -0.25) is 9.88 Å². The van der Waals surface area contributed by atoms with Gasteiger partial charge in [0.15, 0.2) is 0 Å². The molecule has 0 amide bonds. The van der Waals surface area contributed by atoms with Gasteiger partial charge in [0.05, 0.1) is 24.3 Å². The number of halogens is 9. The first kappa shape index (κ1) is 39.2. The summed E-state index contributed by atoms with van der Waals surface area (Å²) in [5, 5.41) is 21.4. The molecule has 3 N–H and O–H groups in total. The van der Waals surface area contributed by atoms with E-state index in [0.717, 1.165) is 56.9 Å². The largest absolute Gasteiger partial charge is 0.490 e. The van der Waals surface area contributed by atoms with Crippen LogP contribution in [0.15, 0.2) is 30.7 Å². The van der Waals surface area contributed by atoms with Crippen molar-refractivity contribution in [3.8, 4) is 0 Å². The number of hydrogen-bond acceptors (Lipinski definition) is 7. The number of nitrogens with zero attached hydrogens (tertiary/aromatic N) is 4. The number of carboxylic acid groups (broad SMARTS) is 3. The van der Waals surface area contributed by atoms with Crippen LogP contribution in [0.1, 0.15) is 48.7 Å². The van der Waals surface area contributed by atoms with Gasteiger partial charge >= 0.3 is 36.4 Å². The minimum absolute atomic E-state index is 0.419. The van der Waals surface area contributed by atoms with Crippen molar-refractivity contribution < 1.29 is 74.0 Å². The summed E-state index contributed by atoms with van der Waals surface area (Å²) in [5.74, 6) is -6.16. The Balaban J connectivity index is 0.000000301. The maximum atomic E-state index is 10.6. The lowest BCUT2D eigenvalue weighted by Gasteiger charge is -2.33. The maximum Gasteiger partial charge on any atom is 0.490 e. The summed E-state index contributed by atoms with van der Waals surface area (Å²) in [6.07, 6.45) is -5.85. The van der Waals surface area contributed by atoms with Crippen LogP contribution in [-0.2, 0) is 38.8 Å². The van der Waals surface area contributed by atoms with Crippen LogP contribution in [0.4, 0.5) is 39.5 Å². The molecule has 3 heterocycles. The lowest BCUT2D eigenvalue weighted by Crippen LogP contribution is -2.36. The van der Waals surface area contributed by atoms with Crippen molar-refractivity contribution in [3.05, 3.63) is 47.8 Å². The van der Waals surface area contributed by atoms with Crippen molar-refractivity contribution in [2.24, 2.45) is 11.8 Å². The number of pyridine rings is 1. The Hall–Kier alpha value is -3.94. The van der Waals surface area contributed by atoms with Crippen molar-refractivity contribution in [3.63, 3.8) is 0 Å². The number of aromatic nitrogens is 3. The zero-order valence-corrected chi connectivity index (χ0v) is 24.4. The van der Waals surface area contributed by atoms with E-state index in [9.17, 15) is 39.5 Å². The average Bonchev–Trinajstić information content (AvgIpc) is 3.88. The topological polar surface area (TPSA) is 155 Å². The van der Waals surface area contributed by atoms with E-state index < -0.39 is 36.4 Å². The molecule has 5 rings (SSSR count). The van der Waals surface area contributed by atoms with E-state index in [4.69, 9.17) is 39.4 Å². The lowest BCUT2D eigenvalue weighted by atomic mass is 9.98. The first-order chi connectivity index (χ1) is 21.7. The fraction of sp³-hybridized carbons (Fsp3) is 0.593. The molecular formula is C27H31F9N4O7. The number of fused-ring (bicyclic) bond motifs is 1. The third kappa shape index (κ3) is 15.0. The highest BCUT2D eigenvalue weighted by atomic mass is 19.4. The minimum Gasteiger partial charge on any atom is -0.475 e. The SMILES string of the molecule is O=C(O)C(F)(F)F.O=C(O)C(F)(F)F.O=C(O)C(F)(F)F.c1ccc(CN2Cc3ncn(CC4CC4)c3C(COCC3CC3)C2)nc1. The number of alkyl halides is 9. The molecule has 0 radical (unpaired) electrons. The van der Waals surface area contributed by atoms with Crippen LogP contribution in [-0.4, -0.2) is 90.9 Å². The highest BCUT2D eigenvalue weighted by Crippen LogP contribution is 2.35. The molecule has 20 heteroatoms. The van der Waals surface area contributed by atoms with E-state index >= 15 is 0 Å². The normalized spacial score (nSPS) is 17.9. The van der Waals surface area contributed by atoms with Crippen molar-refractivity contribution in [1.29, 1.82) is 0 Å². The Kier molecular flexibility index (Phi) is 14.0. The highest BCUT2D eigenvalue weighted by Gasteiger charge is 2.39. The first-order valence-electron chi connectivity index (χ1n) is 13.8. The fourth-order valence-electron chi connectivity index (χ4n) is 4.06. The molecule has 1 unspecified atom stereocenters. The van der Waals surface area contributed by atoms with Gasteiger partial charge in [0.25, 0.3) is 0 Å². The van der Waals surface area contributed by atoms with Gasteiger partial charge in [-0.25, -0.2) is 19.4 Å². The summed E-state index contributed by atoms with van der Waals surface area (Å²) in [6.45, 7) is 5.73. The lowest BCUT2D eigenvalue weighted by molar-refractivity contribution is -0.193. The van der Waals surface area contributed by atoms with Gasteiger partial charge in [0.1, 0.15) is 0 Å². The summed E-state index contributed by atoms with van der Waals surface area (Å²) in [7, 11) is 0. The second-order valence-electron chi connectivity index (χ2n) is 10.7. The molecule has 0 saturated heterocycles. The number of rotatable bonds is 8. The number of imidazole rings is 1. The third-order valence-electron chi connectivity index (χ3n) is 6.56. The van der Waals surface area contributed by atoms with Gasteiger partial charge in [-0.15, -0.1) is 0 Å². The molecule has 2 aromatic heterocycles. The van der Waals surface area contributed by atoms with Gasteiger partial charge in [-0.05, 0) is 49.7 Å². The Bertz CT molecular complexity index is 1250. The molecule has 1 aliphatic heterocycles. The Labute approximate surface area is 261 Å². The van der Waals surface area contributed by atoms with Gasteiger partial charge in [0.2, 0.25) is 0 Å². The summed E-state index contributed by atoms with van der Waals surface area (Å²) in [4.78, 5) is 38.4. The standard InChI is InChI=1S/C21H28N4O.3C2HF3O2/c1-2-8-22-19(3-1)11-24-10-18(14-26-13-17-6-7-17)21-20(12-24)23-15-25(21)9-16-4-5-16;3*3-2(4,5)1(6)7/h1-3,8,15-18H,4-7,9-14H2;3*(H,6,7). The first-order valence-corrected chi connectivity index (χ1v) is 13.8. The second kappa shape index (κ2) is 16.8. The van der Waals surface area contributed by atoms with Crippen LogP contribution in [0.5, 0.6) is 0 Å². The summed E-state index contributed by atoms with van der Waals surface area (Å²) in [5.41, 5.74) is 3.81. The molecule has 0 aromatic carbocycles. The molecule has 47 heavy (non-hydrogen) atoms. The van der Waals surface area contributed by atoms with E-state index in [1.54, 1.807) is 0 Å². The highest BCUT2D eigenvalue weighted by molar-refractivity contribution is 5.73. The van der Waals surface area contributed by atoms with E-state index in [-0.39, 0.29) is 0 Å². The van der Waals surface area contributed by atoms with Gasteiger partial charge in [-0.1, -0.05) is 6.07 Å². The van der Waals surface area contributed by atoms with Crippen molar-refractivity contribution in [2.75, 3.05) is 19.8 Å². The quantitative estimate of drug-likeness (QED) is 0.318. The summed E-state index contributed by atoms with van der Waals surface area (Å²) < 4.78 is 104. The number of hydrogen-bond donors (Lipinski definition) is 3. The van der Waals surface area contributed by atoms with Crippen LogP contribution in [0.25, 0.3) is 0 Å². The molecule has 2 aromatic rings. The molecule has 264 valence electrons. The number of ether oxygens (including phenoxy) is 1. The van der Waals surface area contributed by atoms with Crippen LogP contribution >= 0.6 is 0 Å². The monoisotopic (exact) mass is 694 g/mol. The number of aliphatic carboxylic acids is 3. The van der Waals surface area contributed by atoms with Crippen molar-refractivity contribution in [1.82, 2.24) is 19.4 Å². The van der Waals surface area contributed by atoms with Crippen molar-refractivity contribution in [2.45, 2.75) is 69.8 Å². The summed E-state index contributed by atoms with van der Waals surface area (Å²) >= 11 is 0. The Morgan fingerprint density at radius 1 is 0.787 bits per heavy atom. The van der Waals surface area contributed by atoms with E-state index in [1.807, 2.05) is 12.3 Å². The molecule has 3 aliphatic rings. The van der Waals surface area contributed by atoms with E-state index in [0.29, 0.717) is 5.92 Å². The van der Waals surface area contributed by atoms with Gasteiger partial charge in [0, 0.05) is 50.6 Å². The average molecular weight is 695 g/mol. The Morgan fingerprint density at radius 2 is 1.30 bits per heavy atom. The number of carbonyl (C=O) groups is 3. The molecule has 2 aliphatic carbocycles. The Morgan fingerprint density at radius 3 is 1.72 bits per heavy atom. The molecule has 2 fully saturated rings. The van der Waals surface area contributed by atoms with Crippen LogP contribution in [0, 0.1) is 11.8 Å². The molecule has 0 bridgehead atoms. The van der Waals surface area contributed by atoms with Gasteiger partial charge < -0.3 is 24.6 Å². The molecule has 2 saturated carbocycles. The number of carboxylic acids is 3. The van der Waals surface area contributed by atoms with Crippen LogP contribution in [0.3, 0.4) is 0 Å².